The van der Waals surface area contributed by atoms with Crippen molar-refractivity contribution < 1.29 is 14.9 Å². The summed E-state index contributed by atoms with van der Waals surface area (Å²) in [5.41, 5.74) is 6.52. The Labute approximate surface area is 163 Å². The molecule has 0 radical (unpaired) electrons. The molecule has 0 atom stereocenters. The van der Waals surface area contributed by atoms with Gasteiger partial charge in [0.25, 0.3) is 5.91 Å². The van der Waals surface area contributed by atoms with Gasteiger partial charge in [0, 0.05) is 36.5 Å². The van der Waals surface area contributed by atoms with Crippen LogP contribution >= 0.6 is 12.6 Å². The van der Waals surface area contributed by atoms with E-state index in [1.807, 2.05) is 42.3 Å². The zero-order valence-electron chi connectivity index (χ0n) is 14.9. The van der Waals surface area contributed by atoms with Crippen LogP contribution in [0.5, 0.6) is 0 Å². The molecule has 6 heteroatoms. The lowest BCUT2D eigenvalue weighted by Crippen LogP contribution is -2.41. The predicted molar refractivity (Wildman–Crippen MR) is 109 cm³/mol. The van der Waals surface area contributed by atoms with E-state index in [-0.39, 0.29) is 11.6 Å². The maximum atomic E-state index is 14.9. The van der Waals surface area contributed by atoms with E-state index < -0.39 is 5.82 Å². The van der Waals surface area contributed by atoms with Gasteiger partial charge >= 0.3 is 0 Å². The Hall–Kier alpha value is -2.83. The van der Waals surface area contributed by atoms with Crippen molar-refractivity contribution in [2.45, 2.75) is 11.4 Å². The smallest absolute Gasteiger partial charge is 0.255 e. The molecule has 0 fully saturated rings. The van der Waals surface area contributed by atoms with Gasteiger partial charge in [0.05, 0.1) is 10.6 Å². The third-order valence-corrected chi connectivity index (χ3v) is 4.71. The molecule has 0 aliphatic heterocycles. The van der Waals surface area contributed by atoms with Gasteiger partial charge in [-0.3, -0.25) is 4.79 Å². The number of para-hydroxylation sites is 1. The first-order valence-corrected chi connectivity index (χ1v) is 8.90. The quantitative estimate of drug-likeness (QED) is 0.587. The Morgan fingerprint density at radius 2 is 1.85 bits per heavy atom. The molecule has 3 aromatic rings. The van der Waals surface area contributed by atoms with E-state index in [4.69, 9.17) is 0 Å². The van der Waals surface area contributed by atoms with E-state index in [2.05, 4.69) is 23.7 Å². The van der Waals surface area contributed by atoms with Crippen LogP contribution in [0.25, 0.3) is 0 Å². The summed E-state index contributed by atoms with van der Waals surface area (Å²) >= 11 is 4.25. The van der Waals surface area contributed by atoms with Crippen molar-refractivity contribution in [3.8, 4) is 0 Å². The molecule has 0 saturated heterocycles. The number of hydrogen-bond acceptors (Lipinski definition) is 3. The first-order chi connectivity index (χ1) is 13.0. The Morgan fingerprint density at radius 1 is 1.11 bits per heavy atom. The second kappa shape index (κ2) is 8.24. The fourth-order valence-corrected chi connectivity index (χ4v) is 2.89. The fourth-order valence-electron chi connectivity index (χ4n) is 2.75. The average molecular weight is 382 g/mol. The third-order valence-electron chi connectivity index (χ3n) is 4.27. The molecule has 0 aromatic heterocycles. The van der Waals surface area contributed by atoms with Gasteiger partial charge in [-0.15, -0.1) is 12.6 Å². The molecule has 27 heavy (non-hydrogen) atoms. The average Bonchev–Trinajstić information content (AvgIpc) is 2.67. The molecule has 3 rings (SSSR count). The summed E-state index contributed by atoms with van der Waals surface area (Å²) in [4.78, 5) is 15.1. The third kappa shape index (κ3) is 4.48. The number of thiol groups is 1. The summed E-state index contributed by atoms with van der Waals surface area (Å²) in [6.45, 7) is 0.386. The highest BCUT2D eigenvalue weighted by Crippen LogP contribution is 2.23. The van der Waals surface area contributed by atoms with Crippen LogP contribution in [0.4, 0.5) is 21.5 Å². The monoisotopic (exact) mass is 382 g/mol. The Balaban J connectivity index is 1.78. The van der Waals surface area contributed by atoms with Gasteiger partial charge in [0.2, 0.25) is 0 Å². The summed E-state index contributed by atoms with van der Waals surface area (Å²) in [6, 6.07) is 19.7. The highest BCUT2D eigenvalue weighted by molar-refractivity contribution is 7.80. The molecule has 4 nitrogen and oxygen atoms in total. The van der Waals surface area contributed by atoms with Crippen molar-refractivity contribution in [2.24, 2.45) is 0 Å². The molecule has 0 unspecified atom stereocenters. The Kier molecular flexibility index (Phi) is 5.78. The minimum atomic E-state index is -0.436. The summed E-state index contributed by atoms with van der Waals surface area (Å²) in [6.07, 6.45) is 0. The summed E-state index contributed by atoms with van der Waals surface area (Å²) in [7, 11) is 1.90. The lowest BCUT2D eigenvalue weighted by atomic mass is 10.1. The fraction of sp³-hybridized carbons (Fsp3) is 0.0952. The van der Waals surface area contributed by atoms with E-state index in [1.54, 1.807) is 36.4 Å². The van der Waals surface area contributed by atoms with Crippen molar-refractivity contribution >= 4 is 35.6 Å². The minimum absolute atomic E-state index is 0.152. The van der Waals surface area contributed by atoms with E-state index in [9.17, 15) is 9.18 Å². The molecule has 0 bridgehead atoms. The number of halogens is 1. The SMILES string of the molecule is CN(Cc1cccc(NC(=O)c2ccc(S)c([NH3+])c2)c1F)c1ccccc1. The van der Waals surface area contributed by atoms with Crippen LogP contribution in [0.15, 0.2) is 71.6 Å². The van der Waals surface area contributed by atoms with Gasteiger partial charge in [-0.2, -0.15) is 0 Å². The molecule has 0 heterocycles. The van der Waals surface area contributed by atoms with Gasteiger partial charge < -0.3 is 16.0 Å². The van der Waals surface area contributed by atoms with Gasteiger partial charge in [0.15, 0.2) is 5.82 Å². The normalized spacial score (nSPS) is 10.5. The van der Waals surface area contributed by atoms with Crippen LogP contribution in [-0.4, -0.2) is 13.0 Å². The number of nitrogens with one attached hydrogen (secondary N) is 1. The van der Waals surface area contributed by atoms with Gasteiger partial charge in [-0.25, -0.2) is 4.39 Å². The zero-order valence-corrected chi connectivity index (χ0v) is 15.8. The molecule has 0 aliphatic carbocycles. The molecular weight excluding hydrogens is 361 g/mol. The molecule has 0 aliphatic rings. The number of nitrogens with zero attached hydrogens (tertiary/aromatic N) is 1. The minimum Gasteiger partial charge on any atom is -0.370 e. The number of amides is 1. The molecule has 138 valence electrons. The molecule has 0 spiro atoms. The van der Waals surface area contributed by atoms with Crippen LogP contribution in [-0.2, 0) is 6.54 Å². The van der Waals surface area contributed by atoms with E-state index >= 15 is 0 Å². The van der Waals surface area contributed by atoms with E-state index in [1.165, 1.54) is 0 Å². The van der Waals surface area contributed by atoms with E-state index in [0.717, 1.165) is 5.69 Å². The number of anilines is 2. The van der Waals surface area contributed by atoms with Crippen LogP contribution < -0.4 is 16.0 Å². The molecule has 4 N–H and O–H groups in total. The van der Waals surface area contributed by atoms with Gasteiger partial charge in [-0.05, 0) is 30.3 Å². The zero-order chi connectivity index (χ0) is 19.4. The lowest BCUT2D eigenvalue weighted by Gasteiger charge is -2.20. The number of hydrogen-bond donors (Lipinski definition) is 3. The van der Waals surface area contributed by atoms with Crippen molar-refractivity contribution in [1.82, 2.24) is 0 Å². The second-order valence-corrected chi connectivity index (χ2v) is 6.75. The summed E-state index contributed by atoms with van der Waals surface area (Å²) < 4.78 is 14.9. The van der Waals surface area contributed by atoms with Gasteiger partial charge in [0.1, 0.15) is 5.69 Å². The standard InChI is InChI=1S/C21H20FN3OS/c1-25(16-7-3-2-4-8-16)13-15-6-5-9-18(20(15)22)24-21(26)14-10-11-19(27)17(23)12-14/h2-12,27H,13,23H2,1H3,(H,24,26)/p+1. The number of benzene rings is 3. The first kappa shape index (κ1) is 18.9. The molecule has 1 amide bonds. The number of carbonyl (C=O) groups is 1. The van der Waals surface area contributed by atoms with Crippen LogP contribution in [0, 0.1) is 5.82 Å². The Bertz CT molecular complexity index is 963. The Morgan fingerprint density at radius 3 is 2.56 bits per heavy atom. The summed E-state index contributed by atoms with van der Waals surface area (Å²) in [5.74, 6) is -0.824. The number of rotatable bonds is 5. The summed E-state index contributed by atoms with van der Waals surface area (Å²) in [5, 5.41) is 2.64. The highest BCUT2D eigenvalue weighted by atomic mass is 32.1. The van der Waals surface area contributed by atoms with E-state index in [0.29, 0.717) is 28.3 Å². The van der Waals surface area contributed by atoms with Crippen molar-refractivity contribution in [2.75, 3.05) is 17.3 Å². The largest absolute Gasteiger partial charge is 0.370 e. The van der Waals surface area contributed by atoms with Crippen LogP contribution in [0.3, 0.4) is 0 Å². The highest BCUT2D eigenvalue weighted by Gasteiger charge is 2.15. The molecular formula is C21H21FN3OS+. The van der Waals surface area contributed by atoms with Crippen molar-refractivity contribution in [3.63, 3.8) is 0 Å². The van der Waals surface area contributed by atoms with Crippen LogP contribution in [0.1, 0.15) is 15.9 Å². The van der Waals surface area contributed by atoms with Crippen molar-refractivity contribution in [1.29, 1.82) is 0 Å². The topological polar surface area (TPSA) is 60.0 Å². The number of quaternary nitrogens is 1. The van der Waals surface area contributed by atoms with Crippen LogP contribution in [0.2, 0.25) is 0 Å². The molecule has 3 aromatic carbocycles. The first-order valence-electron chi connectivity index (χ1n) is 8.45. The second-order valence-electron chi connectivity index (χ2n) is 6.27. The van der Waals surface area contributed by atoms with Gasteiger partial charge in [-0.1, -0.05) is 30.3 Å². The predicted octanol–water partition coefficient (Wildman–Crippen LogP) is 3.88. The number of carbonyl (C=O) groups excluding carboxylic acids is 1. The molecule has 0 saturated carbocycles. The maximum Gasteiger partial charge on any atom is 0.255 e. The lowest BCUT2D eigenvalue weighted by molar-refractivity contribution is -0.258. The van der Waals surface area contributed by atoms with Crippen molar-refractivity contribution in [3.05, 3.63) is 83.7 Å². The maximum absolute atomic E-state index is 14.9.